The Balaban J connectivity index is 2.27. The van der Waals surface area contributed by atoms with Crippen LogP contribution in [0.2, 0.25) is 0 Å². The molecule has 1 aromatic rings. The molecule has 1 saturated carbocycles. The maximum atomic E-state index is 10.9. The van der Waals surface area contributed by atoms with Gasteiger partial charge in [0.1, 0.15) is 0 Å². The third kappa shape index (κ3) is 2.76. The molecule has 17 heavy (non-hydrogen) atoms. The molecule has 1 N–H and O–H groups in total. The van der Waals surface area contributed by atoms with Gasteiger partial charge in [-0.3, -0.25) is 0 Å². The highest BCUT2D eigenvalue weighted by molar-refractivity contribution is 5.90. The average Bonchev–Trinajstić information content (AvgIpc) is 2.25. The van der Waals surface area contributed by atoms with Gasteiger partial charge < -0.3 is 5.11 Å². The van der Waals surface area contributed by atoms with Crippen molar-refractivity contribution in [3.05, 3.63) is 41.5 Å². The lowest BCUT2D eigenvalue weighted by Crippen LogP contribution is -2.14. The minimum atomic E-state index is -0.841. The van der Waals surface area contributed by atoms with Crippen LogP contribution in [0.25, 0.3) is 5.57 Å². The first-order valence-electron chi connectivity index (χ1n) is 6.24. The van der Waals surface area contributed by atoms with Crippen molar-refractivity contribution in [2.45, 2.75) is 32.6 Å². The Morgan fingerprint density at radius 1 is 1.35 bits per heavy atom. The van der Waals surface area contributed by atoms with E-state index in [-0.39, 0.29) is 0 Å². The van der Waals surface area contributed by atoms with Crippen molar-refractivity contribution in [1.29, 1.82) is 0 Å². The SMILES string of the molecule is CCc1ccc(/C(=C/C(=O)O)C2CCC2)cc1. The molecule has 0 bridgehead atoms. The number of rotatable bonds is 4. The highest BCUT2D eigenvalue weighted by Crippen LogP contribution is 2.38. The summed E-state index contributed by atoms with van der Waals surface area (Å²) in [5.41, 5.74) is 3.35. The number of carbonyl (C=O) groups is 1. The van der Waals surface area contributed by atoms with Crippen molar-refractivity contribution in [3.8, 4) is 0 Å². The highest BCUT2D eigenvalue weighted by atomic mass is 16.4. The van der Waals surface area contributed by atoms with Crippen molar-refractivity contribution in [1.82, 2.24) is 0 Å². The molecule has 2 nitrogen and oxygen atoms in total. The van der Waals surface area contributed by atoms with Gasteiger partial charge in [-0.2, -0.15) is 0 Å². The van der Waals surface area contributed by atoms with E-state index in [1.54, 1.807) is 0 Å². The summed E-state index contributed by atoms with van der Waals surface area (Å²) >= 11 is 0. The second-order valence-corrected chi connectivity index (χ2v) is 4.62. The molecule has 0 atom stereocenters. The van der Waals surface area contributed by atoms with E-state index in [1.807, 2.05) is 12.1 Å². The minimum Gasteiger partial charge on any atom is -0.478 e. The van der Waals surface area contributed by atoms with Crippen LogP contribution in [0.1, 0.15) is 37.3 Å². The standard InChI is InChI=1S/C15H18O2/c1-2-11-6-8-13(9-7-11)14(10-15(16)17)12-4-3-5-12/h6-10,12H,2-5H2,1H3,(H,16,17)/b14-10+. The van der Waals surface area contributed by atoms with Crippen LogP contribution >= 0.6 is 0 Å². The summed E-state index contributed by atoms with van der Waals surface area (Å²) in [5.74, 6) is -0.398. The maximum Gasteiger partial charge on any atom is 0.328 e. The van der Waals surface area contributed by atoms with Crippen LogP contribution in [0.3, 0.4) is 0 Å². The van der Waals surface area contributed by atoms with Gasteiger partial charge in [0.25, 0.3) is 0 Å². The third-order valence-corrected chi connectivity index (χ3v) is 3.52. The van der Waals surface area contributed by atoms with E-state index in [4.69, 9.17) is 5.11 Å². The second-order valence-electron chi connectivity index (χ2n) is 4.62. The lowest BCUT2D eigenvalue weighted by Gasteiger charge is -2.28. The first-order valence-corrected chi connectivity index (χ1v) is 6.24. The third-order valence-electron chi connectivity index (χ3n) is 3.52. The molecule has 0 spiro atoms. The first-order chi connectivity index (χ1) is 8.20. The molecule has 2 heteroatoms. The summed E-state index contributed by atoms with van der Waals surface area (Å²) < 4.78 is 0. The van der Waals surface area contributed by atoms with Gasteiger partial charge in [-0.15, -0.1) is 0 Å². The van der Waals surface area contributed by atoms with Gasteiger partial charge in [0.15, 0.2) is 0 Å². The molecule has 0 aliphatic heterocycles. The number of hydrogen-bond acceptors (Lipinski definition) is 1. The Morgan fingerprint density at radius 2 is 2.00 bits per heavy atom. The fourth-order valence-electron chi connectivity index (χ4n) is 2.22. The van der Waals surface area contributed by atoms with Crippen molar-refractivity contribution in [3.63, 3.8) is 0 Å². The van der Waals surface area contributed by atoms with Crippen LogP contribution in [0, 0.1) is 5.92 Å². The van der Waals surface area contributed by atoms with Crippen LogP contribution in [-0.2, 0) is 11.2 Å². The molecule has 2 rings (SSSR count). The molecular formula is C15H18O2. The van der Waals surface area contributed by atoms with Crippen molar-refractivity contribution in [2.24, 2.45) is 5.92 Å². The Kier molecular flexibility index (Phi) is 3.62. The normalized spacial score (nSPS) is 16.6. The van der Waals surface area contributed by atoms with E-state index >= 15 is 0 Å². The van der Waals surface area contributed by atoms with Gasteiger partial charge in [0.05, 0.1) is 0 Å². The molecule has 1 aromatic carbocycles. The van der Waals surface area contributed by atoms with Crippen molar-refractivity contribution >= 4 is 11.5 Å². The van der Waals surface area contributed by atoms with Crippen LogP contribution in [0.15, 0.2) is 30.3 Å². The fourth-order valence-corrected chi connectivity index (χ4v) is 2.22. The monoisotopic (exact) mass is 230 g/mol. The van der Waals surface area contributed by atoms with Crippen LogP contribution in [0.5, 0.6) is 0 Å². The fraction of sp³-hybridized carbons (Fsp3) is 0.400. The number of allylic oxidation sites excluding steroid dienone is 1. The Morgan fingerprint density at radius 3 is 2.41 bits per heavy atom. The first kappa shape index (κ1) is 11.9. The lowest BCUT2D eigenvalue weighted by molar-refractivity contribution is -0.131. The summed E-state index contributed by atoms with van der Waals surface area (Å²) in [6.07, 6.45) is 5.85. The number of carboxylic acids is 1. The molecule has 0 aromatic heterocycles. The van der Waals surface area contributed by atoms with Gasteiger partial charge >= 0.3 is 5.97 Å². The van der Waals surface area contributed by atoms with E-state index in [2.05, 4.69) is 19.1 Å². The molecule has 1 aliphatic rings. The molecule has 0 radical (unpaired) electrons. The molecule has 1 aliphatic carbocycles. The van der Waals surface area contributed by atoms with Gasteiger partial charge in [-0.1, -0.05) is 37.6 Å². The number of hydrogen-bond donors (Lipinski definition) is 1. The van der Waals surface area contributed by atoms with Gasteiger partial charge in [-0.25, -0.2) is 4.79 Å². The van der Waals surface area contributed by atoms with Gasteiger partial charge in [0, 0.05) is 6.08 Å². The van der Waals surface area contributed by atoms with E-state index in [9.17, 15) is 4.79 Å². The Hall–Kier alpha value is -1.57. The molecule has 0 amide bonds. The average molecular weight is 230 g/mol. The quantitative estimate of drug-likeness (QED) is 0.803. The Labute approximate surface area is 102 Å². The zero-order valence-electron chi connectivity index (χ0n) is 10.1. The van der Waals surface area contributed by atoms with Gasteiger partial charge in [-0.05, 0) is 41.9 Å². The van der Waals surface area contributed by atoms with Crippen molar-refractivity contribution in [2.75, 3.05) is 0 Å². The number of benzene rings is 1. The van der Waals surface area contributed by atoms with Gasteiger partial charge in [0.2, 0.25) is 0 Å². The number of aryl methyl sites for hydroxylation is 1. The predicted octanol–water partition coefficient (Wildman–Crippen LogP) is 3.52. The molecule has 90 valence electrons. The van der Waals surface area contributed by atoms with Crippen LogP contribution < -0.4 is 0 Å². The second kappa shape index (κ2) is 5.17. The minimum absolute atomic E-state index is 0.443. The zero-order valence-corrected chi connectivity index (χ0v) is 10.1. The highest BCUT2D eigenvalue weighted by Gasteiger charge is 2.23. The zero-order chi connectivity index (χ0) is 12.3. The molecular weight excluding hydrogens is 212 g/mol. The number of carboxylic acid groups (broad SMARTS) is 1. The maximum absolute atomic E-state index is 10.9. The number of aliphatic carboxylic acids is 1. The van der Waals surface area contributed by atoms with Crippen LogP contribution in [-0.4, -0.2) is 11.1 Å². The molecule has 0 heterocycles. The lowest BCUT2D eigenvalue weighted by atomic mass is 9.77. The van der Waals surface area contributed by atoms with E-state index < -0.39 is 5.97 Å². The van der Waals surface area contributed by atoms with Crippen LogP contribution in [0.4, 0.5) is 0 Å². The summed E-state index contributed by atoms with van der Waals surface area (Å²) in [6, 6.07) is 8.27. The summed E-state index contributed by atoms with van der Waals surface area (Å²) in [7, 11) is 0. The summed E-state index contributed by atoms with van der Waals surface area (Å²) in [5, 5.41) is 8.94. The van der Waals surface area contributed by atoms with E-state index in [1.165, 1.54) is 18.1 Å². The molecule has 1 fully saturated rings. The smallest absolute Gasteiger partial charge is 0.328 e. The predicted molar refractivity (Wildman–Crippen MR) is 68.8 cm³/mol. The molecule has 0 unspecified atom stereocenters. The summed E-state index contributed by atoms with van der Waals surface area (Å²) in [4.78, 5) is 10.9. The van der Waals surface area contributed by atoms with E-state index in [0.29, 0.717) is 5.92 Å². The summed E-state index contributed by atoms with van der Waals surface area (Å²) in [6.45, 7) is 2.12. The molecule has 0 saturated heterocycles. The topological polar surface area (TPSA) is 37.3 Å². The Bertz CT molecular complexity index is 425. The van der Waals surface area contributed by atoms with Crippen molar-refractivity contribution < 1.29 is 9.90 Å². The van der Waals surface area contributed by atoms with E-state index in [0.717, 1.165) is 30.4 Å². The largest absolute Gasteiger partial charge is 0.478 e.